The van der Waals surface area contributed by atoms with Crippen molar-refractivity contribution in [2.75, 3.05) is 11.9 Å². The Kier molecular flexibility index (Phi) is 5.88. The molecule has 0 saturated carbocycles. The van der Waals surface area contributed by atoms with Crippen LogP contribution < -0.4 is 5.32 Å². The largest absolute Gasteiger partial charge is 0.325 e. The Balaban J connectivity index is 1.68. The molecular formula is C22H21FN2O3S. The van der Waals surface area contributed by atoms with Gasteiger partial charge in [-0.2, -0.15) is 0 Å². The van der Waals surface area contributed by atoms with E-state index in [1.165, 1.54) is 29.8 Å². The number of nitrogens with one attached hydrogen (secondary N) is 1. The summed E-state index contributed by atoms with van der Waals surface area (Å²) in [6.07, 6.45) is 1.65. The Labute approximate surface area is 173 Å². The molecule has 0 radical (unpaired) electrons. The van der Waals surface area contributed by atoms with Crippen molar-refractivity contribution in [1.29, 1.82) is 0 Å². The number of hydrogen-bond acceptors (Lipinski definition) is 4. The monoisotopic (exact) mass is 412 g/mol. The lowest BCUT2D eigenvalue weighted by molar-refractivity contribution is -0.127. The second-order valence-electron chi connectivity index (χ2n) is 7.69. The van der Waals surface area contributed by atoms with Crippen molar-refractivity contribution in [2.24, 2.45) is 0 Å². The third kappa shape index (κ3) is 5.12. The summed E-state index contributed by atoms with van der Waals surface area (Å²) in [5, 5.41) is 2.04. The van der Waals surface area contributed by atoms with Crippen LogP contribution in [0.3, 0.4) is 0 Å². The van der Waals surface area contributed by atoms with Crippen LogP contribution in [0.2, 0.25) is 0 Å². The standard InChI is InChI=1S/C22H21FN2O3S/c1-22(2,3)15-6-4-14(5-7-15)12-18-20(27)25(21(28)29-18)13-19(26)24-17-10-8-16(23)9-11-17/h4-12H,13H2,1-3H3,(H,24,26)/b18-12-. The van der Waals surface area contributed by atoms with Crippen LogP contribution >= 0.6 is 11.8 Å². The van der Waals surface area contributed by atoms with Crippen molar-refractivity contribution in [3.8, 4) is 0 Å². The number of carbonyl (C=O) groups excluding carboxylic acids is 3. The van der Waals surface area contributed by atoms with Gasteiger partial charge in [0.1, 0.15) is 12.4 Å². The van der Waals surface area contributed by atoms with E-state index < -0.39 is 29.4 Å². The molecule has 1 fully saturated rings. The van der Waals surface area contributed by atoms with Gasteiger partial charge in [-0.1, -0.05) is 45.0 Å². The number of thioether (sulfide) groups is 1. The highest BCUT2D eigenvalue weighted by molar-refractivity contribution is 8.18. The van der Waals surface area contributed by atoms with E-state index in [-0.39, 0.29) is 10.3 Å². The Morgan fingerprint density at radius 2 is 1.69 bits per heavy atom. The summed E-state index contributed by atoms with van der Waals surface area (Å²) in [7, 11) is 0. The second kappa shape index (κ2) is 8.21. The van der Waals surface area contributed by atoms with Crippen molar-refractivity contribution in [3.05, 3.63) is 70.4 Å². The maximum Gasteiger partial charge on any atom is 0.294 e. The number of halogens is 1. The van der Waals surface area contributed by atoms with E-state index in [0.717, 1.165) is 22.2 Å². The predicted molar refractivity (Wildman–Crippen MR) is 113 cm³/mol. The van der Waals surface area contributed by atoms with Gasteiger partial charge >= 0.3 is 0 Å². The lowest BCUT2D eigenvalue weighted by atomic mass is 9.87. The molecule has 2 aromatic rings. The van der Waals surface area contributed by atoms with Gasteiger partial charge in [0.2, 0.25) is 5.91 Å². The Hall–Kier alpha value is -2.93. The number of hydrogen-bond donors (Lipinski definition) is 1. The van der Waals surface area contributed by atoms with E-state index in [2.05, 4.69) is 26.1 Å². The molecule has 29 heavy (non-hydrogen) atoms. The summed E-state index contributed by atoms with van der Waals surface area (Å²) in [6.45, 7) is 5.95. The number of rotatable bonds is 4. The van der Waals surface area contributed by atoms with Gasteiger partial charge in [0.05, 0.1) is 4.91 Å². The minimum absolute atomic E-state index is 0.0221. The van der Waals surface area contributed by atoms with E-state index in [4.69, 9.17) is 0 Å². The van der Waals surface area contributed by atoms with Gasteiger partial charge in [0.15, 0.2) is 0 Å². The van der Waals surface area contributed by atoms with Crippen LogP contribution in [-0.4, -0.2) is 28.5 Å². The average Bonchev–Trinajstić information content (AvgIpc) is 2.91. The van der Waals surface area contributed by atoms with E-state index in [1.54, 1.807) is 6.08 Å². The minimum atomic E-state index is -0.533. The summed E-state index contributed by atoms with van der Waals surface area (Å²) >= 11 is 0.806. The third-order valence-electron chi connectivity index (χ3n) is 4.38. The molecule has 7 heteroatoms. The summed E-state index contributed by atoms with van der Waals surface area (Å²) in [6, 6.07) is 13.0. The van der Waals surface area contributed by atoms with Crippen molar-refractivity contribution in [2.45, 2.75) is 26.2 Å². The maximum absolute atomic E-state index is 12.9. The second-order valence-corrected chi connectivity index (χ2v) is 8.69. The topological polar surface area (TPSA) is 66.5 Å². The SMILES string of the molecule is CC(C)(C)c1ccc(/C=C2\SC(=O)N(CC(=O)Nc3ccc(F)cc3)C2=O)cc1. The molecule has 1 N–H and O–H groups in total. The highest BCUT2D eigenvalue weighted by Gasteiger charge is 2.36. The predicted octanol–water partition coefficient (Wildman–Crippen LogP) is 4.80. The van der Waals surface area contributed by atoms with E-state index in [1.807, 2.05) is 24.3 Å². The lowest BCUT2D eigenvalue weighted by Crippen LogP contribution is -2.36. The van der Waals surface area contributed by atoms with Gasteiger partial charge in [0, 0.05) is 5.69 Å². The minimum Gasteiger partial charge on any atom is -0.325 e. The zero-order valence-electron chi connectivity index (χ0n) is 16.4. The smallest absolute Gasteiger partial charge is 0.294 e. The van der Waals surface area contributed by atoms with Gasteiger partial charge in [-0.25, -0.2) is 4.39 Å². The highest BCUT2D eigenvalue weighted by atomic mass is 32.2. The van der Waals surface area contributed by atoms with E-state index in [9.17, 15) is 18.8 Å². The molecule has 1 aliphatic heterocycles. The fraction of sp³-hybridized carbons (Fsp3) is 0.227. The number of amides is 3. The number of nitrogens with zero attached hydrogens (tertiary/aromatic N) is 1. The van der Waals surface area contributed by atoms with Crippen molar-refractivity contribution in [3.63, 3.8) is 0 Å². The van der Waals surface area contributed by atoms with Crippen molar-refractivity contribution >= 4 is 40.6 Å². The first-order valence-corrected chi connectivity index (χ1v) is 9.86. The molecule has 0 aromatic heterocycles. The molecule has 0 spiro atoms. The van der Waals surface area contributed by atoms with Crippen LogP contribution in [0.15, 0.2) is 53.4 Å². The molecule has 3 amide bonds. The van der Waals surface area contributed by atoms with Crippen LogP contribution in [-0.2, 0) is 15.0 Å². The third-order valence-corrected chi connectivity index (χ3v) is 5.29. The molecule has 150 valence electrons. The molecule has 0 unspecified atom stereocenters. The zero-order chi connectivity index (χ0) is 21.2. The molecule has 3 rings (SSSR count). The molecule has 1 saturated heterocycles. The summed E-state index contributed by atoms with van der Waals surface area (Å²) in [5.41, 5.74) is 2.38. The molecule has 5 nitrogen and oxygen atoms in total. The van der Waals surface area contributed by atoms with E-state index >= 15 is 0 Å². The lowest BCUT2D eigenvalue weighted by Gasteiger charge is -2.18. The fourth-order valence-corrected chi connectivity index (χ4v) is 3.58. The summed E-state index contributed by atoms with van der Waals surface area (Å²) < 4.78 is 12.9. The first-order chi connectivity index (χ1) is 13.6. The molecule has 0 bridgehead atoms. The number of imide groups is 1. The maximum atomic E-state index is 12.9. The Morgan fingerprint density at radius 3 is 2.28 bits per heavy atom. The summed E-state index contributed by atoms with van der Waals surface area (Å²) in [4.78, 5) is 38.1. The fourth-order valence-electron chi connectivity index (χ4n) is 2.74. The van der Waals surface area contributed by atoms with Crippen LogP contribution in [0.4, 0.5) is 14.9 Å². The van der Waals surface area contributed by atoms with Crippen LogP contribution in [0.1, 0.15) is 31.9 Å². The number of benzene rings is 2. The molecule has 0 atom stereocenters. The molecule has 0 aliphatic carbocycles. The molecule has 2 aromatic carbocycles. The Bertz CT molecular complexity index is 977. The number of anilines is 1. The van der Waals surface area contributed by atoms with Gasteiger partial charge in [-0.05, 0) is 58.6 Å². The number of carbonyl (C=O) groups is 3. The van der Waals surface area contributed by atoms with Crippen molar-refractivity contribution in [1.82, 2.24) is 4.90 Å². The first kappa shape index (κ1) is 20.8. The first-order valence-electron chi connectivity index (χ1n) is 9.05. The Morgan fingerprint density at radius 1 is 1.07 bits per heavy atom. The van der Waals surface area contributed by atoms with Crippen LogP contribution in [0.25, 0.3) is 6.08 Å². The molecule has 1 heterocycles. The zero-order valence-corrected chi connectivity index (χ0v) is 17.2. The van der Waals surface area contributed by atoms with Gasteiger partial charge in [0.25, 0.3) is 11.1 Å². The normalized spacial score (nSPS) is 15.9. The highest BCUT2D eigenvalue weighted by Crippen LogP contribution is 2.32. The summed E-state index contributed by atoms with van der Waals surface area (Å²) in [5.74, 6) is -1.46. The molecule has 1 aliphatic rings. The van der Waals surface area contributed by atoms with Crippen molar-refractivity contribution < 1.29 is 18.8 Å². The van der Waals surface area contributed by atoms with Gasteiger partial charge in [-0.3, -0.25) is 19.3 Å². The van der Waals surface area contributed by atoms with Crippen LogP contribution in [0.5, 0.6) is 0 Å². The van der Waals surface area contributed by atoms with E-state index in [0.29, 0.717) is 5.69 Å². The van der Waals surface area contributed by atoms with Gasteiger partial charge < -0.3 is 5.32 Å². The quantitative estimate of drug-likeness (QED) is 0.733. The van der Waals surface area contributed by atoms with Gasteiger partial charge in [-0.15, -0.1) is 0 Å². The van der Waals surface area contributed by atoms with Crippen LogP contribution in [0, 0.1) is 5.82 Å². The molecular weight excluding hydrogens is 391 g/mol. The average molecular weight is 412 g/mol.